The number of aromatic carboxylic acids is 1. The highest BCUT2D eigenvalue weighted by Crippen LogP contribution is 2.30. The molecule has 0 spiro atoms. The van der Waals surface area contributed by atoms with E-state index >= 15 is 0 Å². The van der Waals surface area contributed by atoms with E-state index < -0.39 is 5.97 Å². The summed E-state index contributed by atoms with van der Waals surface area (Å²) in [6.45, 7) is 0.196. The summed E-state index contributed by atoms with van der Waals surface area (Å²) in [5.41, 5.74) is 1.59. The number of aromatic nitrogens is 2. The van der Waals surface area contributed by atoms with Crippen LogP contribution >= 0.6 is 15.9 Å². The fourth-order valence-corrected chi connectivity index (χ4v) is 2.85. The lowest BCUT2D eigenvalue weighted by molar-refractivity contribution is 0.0683. The third-order valence-electron chi connectivity index (χ3n) is 3.27. The van der Waals surface area contributed by atoms with Gasteiger partial charge < -0.3 is 10.0 Å². The van der Waals surface area contributed by atoms with E-state index in [-0.39, 0.29) is 18.1 Å². The van der Waals surface area contributed by atoms with Crippen LogP contribution in [0, 0.1) is 0 Å². The van der Waals surface area contributed by atoms with Crippen molar-refractivity contribution in [3.8, 4) is 5.69 Å². The van der Waals surface area contributed by atoms with Crippen LogP contribution in [0.1, 0.15) is 26.5 Å². The van der Waals surface area contributed by atoms with Crippen molar-refractivity contribution >= 4 is 27.8 Å². The summed E-state index contributed by atoms with van der Waals surface area (Å²) in [5.74, 6) is -1.26. The second-order valence-corrected chi connectivity index (χ2v) is 5.36. The molecular weight excluding hydrogens is 326 g/mol. The van der Waals surface area contributed by atoms with E-state index in [0.717, 1.165) is 0 Å². The van der Waals surface area contributed by atoms with E-state index in [1.54, 1.807) is 29.8 Å². The monoisotopic (exact) mass is 335 g/mol. The van der Waals surface area contributed by atoms with Gasteiger partial charge in [0.15, 0.2) is 5.69 Å². The molecule has 2 aromatic rings. The Morgan fingerprint density at radius 2 is 2.20 bits per heavy atom. The molecular formula is C13H10BrN3O3. The SMILES string of the molecule is CN1Cc2c(C(=O)O)ncn2-c2cccc(Br)c2C1=O. The van der Waals surface area contributed by atoms with Crippen molar-refractivity contribution in [2.75, 3.05) is 7.05 Å². The summed E-state index contributed by atoms with van der Waals surface area (Å²) in [6, 6.07) is 5.35. The van der Waals surface area contributed by atoms with Crippen LogP contribution in [0.15, 0.2) is 29.0 Å². The highest BCUT2D eigenvalue weighted by Gasteiger charge is 2.29. The van der Waals surface area contributed by atoms with E-state index in [1.807, 2.05) is 0 Å². The molecule has 0 fully saturated rings. The summed E-state index contributed by atoms with van der Waals surface area (Å²) >= 11 is 3.37. The predicted molar refractivity (Wildman–Crippen MR) is 74.0 cm³/mol. The maximum absolute atomic E-state index is 12.4. The second-order valence-electron chi connectivity index (χ2n) is 4.51. The highest BCUT2D eigenvalue weighted by molar-refractivity contribution is 9.10. The number of carbonyl (C=O) groups excluding carboxylic acids is 1. The summed E-state index contributed by atoms with van der Waals surface area (Å²) in [7, 11) is 1.64. The number of fused-ring (bicyclic) bond motifs is 3. The van der Waals surface area contributed by atoms with Crippen LogP contribution in [0.2, 0.25) is 0 Å². The number of carbonyl (C=O) groups is 2. The molecule has 1 N–H and O–H groups in total. The van der Waals surface area contributed by atoms with Crippen molar-refractivity contribution in [3.05, 3.63) is 46.0 Å². The first-order valence-electron chi connectivity index (χ1n) is 5.84. The second kappa shape index (κ2) is 4.45. The van der Waals surface area contributed by atoms with Crippen LogP contribution in [0.4, 0.5) is 0 Å². The van der Waals surface area contributed by atoms with Crippen LogP contribution in [-0.2, 0) is 6.54 Å². The molecule has 0 saturated heterocycles. The van der Waals surface area contributed by atoms with Gasteiger partial charge in [0.2, 0.25) is 0 Å². The Labute approximate surface area is 122 Å². The minimum absolute atomic E-state index is 0.0301. The Bertz CT molecular complexity index is 738. The van der Waals surface area contributed by atoms with Crippen LogP contribution in [-0.4, -0.2) is 38.5 Å². The molecule has 0 radical (unpaired) electrons. The standard InChI is InChI=1S/C13H10BrN3O3/c1-16-5-9-11(13(19)20)15-6-17(9)8-4-2-3-7(14)10(8)12(16)18/h2-4,6H,5H2,1H3,(H,19,20). The number of nitrogens with zero attached hydrogens (tertiary/aromatic N) is 3. The van der Waals surface area contributed by atoms with Crippen LogP contribution in [0.5, 0.6) is 0 Å². The molecule has 3 rings (SSSR count). The van der Waals surface area contributed by atoms with Crippen LogP contribution in [0.3, 0.4) is 0 Å². The van der Waals surface area contributed by atoms with Crippen LogP contribution < -0.4 is 0 Å². The van der Waals surface area contributed by atoms with Gasteiger partial charge in [0.1, 0.15) is 6.33 Å². The zero-order chi connectivity index (χ0) is 14.4. The Hall–Kier alpha value is -2.15. The Balaban J connectivity index is 2.35. The van der Waals surface area contributed by atoms with E-state index in [1.165, 1.54) is 11.2 Å². The van der Waals surface area contributed by atoms with Gasteiger partial charge in [-0.25, -0.2) is 9.78 Å². The molecule has 0 atom stereocenters. The molecule has 0 unspecified atom stereocenters. The lowest BCUT2D eigenvalue weighted by atomic mass is 10.1. The average Bonchev–Trinajstić information content (AvgIpc) is 2.77. The lowest BCUT2D eigenvalue weighted by Gasteiger charge is -2.14. The van der Waals surface area contributed by atoms with E-state index in [4.69, 9.17) is 0 Å². The molecule has 102 valence electrons. The maximum Gasteiger partial charge on any atom is 0.356 e. The fourth-order valence-electron chi connectivity index (χ4n) is 2.32. The third-order valence-corrected chi connectivity index (χ3v) is 3.93. The smallest absolute Gasteiger partial charge is 0.356 e. The fraction of sp³-hybridized carbons (Fsp3) is 0.154. The topological polar surface area (TPSA) is 75.4 Å². The number of halogens is 1. The molecule has 0 saturated carbocycles. The maximum atomic E-state index is 12.4. The Morgan fingerprint density at radius 3 is 2.90 bits per heavy atom. The summed E-state index contributed by atoms with van der Waals surface area (Å²) in [6.07, 6.45) is 1.44. The normalized spacial score (nSPS) is 13.7. The molecule has 1 amide bonds. The summed E-state index contributed by atoms with van der Waals surface area (Å²) in [5, 5.41) is 9.19. The molecule has 6 nitrogen and oxygen atoms in total. The van der Waals surface area contributed by atoms with Gasteiger partial charge in [-0.3, -0.25) is 9.36 Å². The van der Waals surface area contributed by atoms with Gasteiger partial charge in [0.25, 0.3) is 5.91 Å². The summed E-state index contributed by atoms with van der Waals surface area (Å²) in [4.78, 5) is 29.1. The number of amides is 1. The van der Waals surface area contributed by atoms with Gasteiger partial charge in [-0.15, -0.1) is 0 Å². The first-order valence-corrected chi connectivity index (χ1v) is 6.64. The molecule has 1 aliphatic heterocycles. The van der Waals surface area contributed by atoms with Gasteiger partial charge in [-0.1, -0.05) is 6.07 Å². The van der Waals surface area contributed by atoms with Gasteiger partial charge >= 0.3 is 5.97 Å². The van der Waals surface area contributed by atoms with Crippen molar-refractivity contribution in [1.82, 2.24) is 14.5 Å². The molecule has 1 aromatic heterocycles. The van der Waals surface area contributed by atoms with E-state index in [2.05, 4.69) is 20.9 Å². The largest absolute Gasteiger partial charge is 0.476 e. The quantitative estimate of drug-likeness (QED) is 0.863. The van der Waals surface area contributed by atoms with Crippen molar-refractivity contribution < 1.29 is 14.7 Å². The van der Waals surface area contributed by atoms with Gasteiger partial charge in [0.05, 0.1) is 23.5 Å². The number of carboxylic acid groups (broad SMARTS) is 1. The first-order chi connectivity index (χ1) is 9.50. The zero-order valence-electron chi connectivity index (χ0n) is 10.5. The van der Waals surface area contributed by atoms with Gasteiger partial charge in [-0.05, 0) is 28.1 Å². The molecule has 1 aliphatic rings. The average molecular weight is 336 g/mol. The van der Waals surface area contributed by atoms with Crippen molar-refractivity contribution in [1.29, 1.82) is 0 Å². The number of hydrogen-bond donors (Lipinski definition) is 1. The molecule has 1 aromatic carbocycles. The Kier molecular flexibility index (Phi) is 2.86. The lowest BCUT2D eigenvalue weighted by Crippen LogP contribution is -2.26. The zero-order valence-corrected chi connectivity index (χ0v) is 12.1. The van der Waals surface area contributed by atoms with Crippen molar-refractivity contribution in [3.63, 3.8) is 0 Å². The first kappa shape index (κ1) is 12.9. The predicted octanol–water partition coefficient (Wildman–Crippen LogP) is 1.92. The number of benzene rings is 1. The van der Waals surface area contributed by atoms with Crippen LogP contribution in [0.25, 0.3) is 5.69 Å². The molecule has 0 aliphatic carbocycles. The molecule has 20 heavy (non-hydrogen) atoms. The Morgan fingerprint density at radius 1 is 1.45 bits per heavy atom. The number of hydrogen-bond acceptors (Lipinski definition) is 3. The number of rotatable bonds is 1. The van der Waals surface area contributed by atoms with E-state index in [9.17, 15) is 14.7 Å². The third kappa shape index (κ3) is 1.74. The number of imidazole rings is 1. The van der Waals surface area contributed by atoms with E-state index in [0.29, 0.717) is 21.4 Å². The van der Waals surface area contributed by atoms with Crippen molar-refractivity contribution in [2.45, 2.75) is 6.54 Å². The molecule has 2 heterocycles. The van der Waals surface area contributed by atoms with Gasteiger partial charge in [0, 0.05) is 11.5 Å². The van der Waals surface area contributed by atoms with Gasteiger partial charge in [-0.2, -0.15) is 0 Å². The number of carboxylic acids is 1. The minimum Gasteiger partial charge on any atom is -0.476 e. The molecule has 7 heteroatoms. The molecule has 0 bridgehead atoms. The minimum atomic E-state index is -1.10. The summed E-state index contributed by atoms with van der Waals surface area (Å²) < 4.78 is 2.33. The van der Waals surface area contributed by atoms with Crippen molar-refractivity contribution in [2.24, 2.45) is 0 Å². The highest BCUT2D eigenvalue weighted by atomic mass is 79.9.